The van der Waals surface area contributed by atoms with Crippen molar-refractivity contribution in [3.63, 3.8) is 0 Å². The van der Waals surface area contributed by atoms with E-state index in [1.54, 1.807) is 54.5 Å². The molecule has 0 fully saturated rings. The van der Waals surface area contributed by atoms with E-state index in [2.05, 4.69) is 10.4 Å². The normalized spacial score (nSPS) is 10.6. The maximum atomic E-state index is 12.5. The first kappa shape index (κ1) is 18.3. The number of aromatic nitrogens is 2. The lowest BCUT2D eigenvalue weighted by Gasteiger charge is -2.10. The second-order valence-electron chi connectivity index (χ2n) is 5.71. The fraction of sp³-hybridized carbons (Fsp3) is 0.158. The molecule has 0 atom stereocenters. The van der Waals surface area contributed by atoms with Gasteiger partial charge < -0.3 is 10.1 Å². The molecule has 2 aromatic carbocycles. The number of amides is 1. The highest BCUT2D eigenvalue weighted by Crippen LogP contribution is 2.25. The van der Waals surface area contributed by atoms with E-state index in [-0.39, 0.29) is 5.91 Å². The minimum absolute atomic E-state index is 0.225. The number of anilines is 1. The number of benzene rings is 2. The minimum atomic E-state index is -0.225. The molecule has 0 radical (unpaired) electrons. The van der Waals surface area contributed by atoms with Crippen LogP contribution in [-0.4, -0.2) is 22.8 Å². The monoisotopic (exact) mass is 389 g/mol. The average molecular weight is 390 g/mol. The van der Waals surface area contributed by atoms with Crippen LogP contribution in [0.3, 0.4) is 0 Å². The number of hydrogen-bond acceptors (Lipinski definition) is 3. The van der Waals surface area contributed by atoms with Crippen LogP contribution in [0.2, 0.25) is 10.0 Å². The predicted octanol–water partition coefficient (Wildman–Crippen LogP) is 4.81. The molecular formula is C19H17Cl2N3O2. The lowest BCUT2D eigenvalue weighted by molar-refractivity contribution is 0.102. The number of methoxy groups -OCH3 is 1. The van der Waals surface area contributed by atoms with E-state index in [0.29, 0.717) is 33.6 Å². The summed E-state index contributed by atoms with van der Waals surface area (Å²) in [5, 5.41) is 8.25. The smallest absolute Gasteiger partial charge is 0.256 e. The van der Waals surface area contributed by atoms with Gasteiger partial charge in [-0.15, -0.1) is 0 Å². The molecule has 134 valence electrons. The van der Waals surface area contributed by atoms with Gasteiger partial charge in [0.15, 0.2) is 0 Å². The van der Waals surface area contributed by atoms with E-state index in [0.717, 1.165) is 11.1 Å². The first-order chi connectivity index (χ1) is 12.5. The second kappa shape index (κ2) is 7.81. The molecule has 0 spiro atoms. The van der Waals surface area contributed by atoms with Crippen molar-refractivity contribution in [3.8, 4) is 5.75 Å². The van der Waals surface area contributed by atoms with Crippen LogP contribution >= 0.6 is 23.2 Å². The Balaban J connectivity index is 1.76. The number of halogens is 2. The third kappa shape index (κ3) is 3.84. The summed E-state index contributed by atoms with van der Waals surface area (Å²) < 4.78 is 6.93. The first-order valence-electron chi connectivity index (χ1n) is 7.90. The van der Waals surface area contributed by atoms with E-state index < -0.39 is 0 Å². The summed E-state index contributed by atoms with van der Waals surface area (Å²) >= 11 is 12.4. The van der Waals surface area contributed by atoms with Crippen molar-refractivity contribution < 1.29 is 9.53 Å². The Morgan fingerprint density at radius 2 is 1.88 bits per heavy atom. The number of carbonyl (C=O) groups excluding carboxylic acids is 1. The van der Waals surface area contributed by atoms with Gasteiger partial charge in [0, 0.05) is 32.9 Å². The number of nitrogens with zero attached hydrogens (tertiary/aromatic N) is 2. The van der Waals surface area contributed by atoms with Crippen LogP contribution in [0.1, 0.15) is 21.5 Å². The van der Waals surface area contributed by atoms with Gasteiger partial charge in [-0.2, -0.15) is 5.10 Å². The molecule has 1 N–H and O–H groups in total. The van der Waals surface area contributed by atoms with Crippen molar-refractivity contribution in [2.24, 2.45) is 0 Å². The van der Waals surface area contributed by atoms with E-state index in [9.17, 15) is 4.79 Å². The largest absolute Gasteiger partial charge is 0.496 e. The molecule has 1 aromatic heterocycles. The number of rotatable bonds is 5. The van der Waals surface area contributed by atoms with Crippen LogP contribution in [0.15, 0.2) is 48.8 Å². The molecule has 26 heavy (non-hydrogen) atoms. The molecule has 0 bridgehead atoms. The molecule has 5 nitrogen and oxygen atoms in total. The van der Waals surface area contributed by atoms with Gasteiger partial charge in [0.25, 0.3) is 5.91 Å². The Hall–Kier alpha value is -2.50. The first-order valence-corrected chi connectivity index (χ1v) is 8.65. The predicted molar refractivity (Wildman–Crippen MR) is 103 cm³/mol. The van der Waals surface area contributed by atoms with Crippen molar-refractivity contribution in [2.45, 2.75) is 13.5 Å². The van der Waals surface area contributed by atoms with Gasteiger partial charge in [0.05, 0.1) is 25.5 Å². The average Bonchev–Trinajstić information content (AvgIpc) is 3.05. The molecule has 3 aromatic rings. The summed E-state index contributed by atoms with van der Waals surface area (Å²) in [4.78, 5) is 12.5. The van der Waals surface area contributed by atoms with Crippen LogP contribution in [0.4, 0.5) is 5.69 Å². The lowest BCUT2D eigenvalue weighted by atomic mass is 10.1. The van der Waals surface area contributed by atoms with Crippen molar-refractivity contribution >= 4 is 34.8 Å². The Morgan fingerprint density at radius 3 is 2.58 bits per heavy atom. The summed E-state index contributed by atoms with van der Waals surface area (Å²) in [6.45, 7) is 2.25. The topological polar surface area (TPSA) is 56.1 Å². The second-order valence-corrected chi connectivity index (χ2v) is 6.53. The van der Waals surface area contributed by atoms with Gasteiger partial charge in [0.2, 0.25) is 0 Å². The Kier molecular flexibility index (Phi) is 5.49. The summed E-state index contributed by atoms with van der Waals surface area (Å²) in [7, 11) is 1.58. The molecule has 0 aliphatic rings. The highest BCUT2D eigenvalue weighted by molar-refractivity contribution is 6.35. The SMILES string of the molecule is COc1cccc(C(=O)Nc2cnn(Cc3c(Cl)cccc3Cl)c2)c1C. The number of carbonyl (C=O) groups is 1. The summed E-state index contributed by atoms with van der Waals surface area (Å²) in [5.74, 6) is 0.443. The summed E-state index contributed by atoms with van der Waals surface area (Å²) in [5.41, 5.74) is 2.69. The van der Waals surface area contributed by atoms with Crippen molar-refractivity contribution in [1.82, 2.24) is 9.78 Å². The number of ether oxygens (including phenoxy) is 1. The van der Waals surface area contributed by atoms with Gasteiger partial charge >= 0.3 is 0 Å². The van der Waals surface area contributed by atoms with Gasteiger partial charge in [-0.3, -0.25) is 9.48 Å². The van der Waals surface area contributed by atoms with Crippen LogP contribution in [0, 0.1) is 6.92 Å². The highest BCUT2D eigenvalue weighted by Gasteiger charge is 2.14. The molecule has 0 saturated heterocycles. The van der Waals surface area contributed by atoms with E-state index >= 15 is 0 Å². The highest BCUT2D eigenvalue weighted by atomic mass is 35.5. The fourth-order valence-electron chi connectivity index (χ4n) is 2.64. The standard InChI is InChI=1S/C19H17Cl2N3O2/c1-12-14(5-3-8-18(12)26-2)19(25)23-13-9-22-24(10-13)11-15-16(20)6-4-7-17(15)21/h3-10H,11H2,1-2H3,(H,23,25). The molecule has 0 aliphatic carbocycles. The molecule has 3 rings (SSSR count). The molecule has 0 aliphatic heterocycles. The quantitative estimate of drug-likeness (QED) is 0.681. The van der Waals surface area contributed by atoms with Gasteiger partial charge in [0.1, 0.15) is 5.75 Å². The lowest BCUT2D eigenvalue weighted by Crippen LogP contribution is -2.13. The Morgan fingerprint density at radius 1 is 1.19 bits per heavy atom. The molecule has 1 heterocycles. The van der Waals surface area contributed by atoms with Crippen LogP contribution in [0.25, 0.3) is 0 Å². The maximum absolute atomic E-state index is 12.5. The van der Waals surface area contributed by atoms with Gasteiger partial charge in [-0.05, 0) is 31.2 Å². The van der Waals surface area contributed by atoms with Crippen LogP contribution in [-0.2, 0) is 6.54 Å². The van der Waals surface area contributed by atoms with Crippen LogP contribution in [0.5, 0.6) is 5.75 Å². The third-order valence-electron chi connectivity index (χ3n) is 4.02. The van der Waals surface area contributed by atoms with Gasteiger partial charge in [-0.25, -0.2) is 0 Å². The molecular weight excluding hydrogens is 373 g/mol. The fourth-order valence-corrected chi connectivity index (χ4v) is 3.16. The Bertz CT molecular complexity index is 933. The zero-order valence-electron chi connectivity index (χ0n) is 14.3. The third-order valence-corrected chi connectivity index (χ3v) is 4.73. The van der Waals surface area contributed by atoms with Crippen molar-refractivity contribution in [2.75, 3.05) is 12.4 Å². The molecule has 1 amide bonds. The summed E-state index contributed by atoms with van der Waals surface area (Å²) in [6, 6.07) is 10.7. The zero-order chi connectivity index (χ0) is 18.7. The minimum Gasteiger partial charge on any atom is -0.496 e. The number of hydrogen-bond donors (Lipinski definition) is 1. The maximum Gasteiger partial charge on any atom is 0.256 e. The van der Waals surface area contributed by atoms with Crippen LogP contribution < -0.4 is 10.1 Å². The molecule has 7 heteroatoms. The van der Waals surface area contributed by atoms with Crippen molar-refractivity contribution in [3.05, 3.63) is 75.5 Å². The van der Waals surface area contributed by atoms with E-state index in [4.69, 9.17) is 27.9 Å². The van der Waals surface area contributed by atoms with Gasteiger partial charge in [-0.1, -0.05) is 35.3 Å². The Labute approximate surface area is 161 Å². The number of nitrogens with one attached hydrogen (secondary N) is 1. The van der Waals surface area contributed by atoms with E-state index in [1.165, 1.54) is 0 Å². The zero-order valence-corrected chi connectivity index (χ0v) is 15.8. The summed E-state index contributed by atoms with van der Waals surface area (Å²) in [6.07, 6.45) is 3.31. The molecule has 0 saturated carbocycles. The van der Waals surface area contributed by atoms with Crippen molar-refractivity contribution in [1.29, 1.82) is 0 Å². The molecule has 0 unspecified atom stereocenters. The van der Waals surface area contributed by atoms with E-state index in [1.807, 2.05) is 13.0 Å².